The van der Waals surface area contributed by atoms with Gasteiger partial charge < -0.3 is 9.84 Å². The summed E-state index contributed by atoms with van der Waals surface area (Å²) >= 11 is 13.1. The molecule has 0 saturated carbocycles. The highest BCUT2D eigenvalue weighted by Gasteiger charge is 2.17. The summed E-state index contributed by atoms with van der Waals surface area (Å²) in [5.41, 5.74) is 1.67. The van der Waals surface area contributed by atoms with Crippen molar-refractivity contribution in [3.05, 3.63) is 57.3 Å². The van der Waals surface area contributed by atoms with Crippen molar-refractivity contribution in [2.75, 3.05) is 12.9 Å². The number of nitrogens with zero attached hydrogens (tertiary/aromatic N) is 3. The highest BCUT2D eigenvalue weighted by molar-refractivity contribution is 8.14. The largest absolute Gasteiger partial charge is 0.504 e. The molecular formula is C17H12Cl2FN3O2S. The van der Waals surface area contributed by atoms with E-state index in [-0.39, 0.29) is 10.8 Å². The number of thioether (sulfide) groups is 1. The topological polar surface area (TPSA) is 66.5 Å². The molecule has 0 atom stereocenters. The maximum atomic E-state index is 13.6. The number of methoxy groups -OCH3 is 1. The van der Waals surface area contributed by atoms with Crippen LogP contribution in [0.15, 0.2) is 45.5 Å². The van der Waals surface area contributed by atoms with Crippen LogP contribution in [-0.4, -0.2) is 35.1 Å². The van der Waals surface area contributed by atoms with E-state index in [9.17, 15) is 9.50 Å². The predicted octanol–water partition coefficient (Wildman–Crippen LogP) is 4.77. The van der Waals surface area contributed by atoms with Crippen LogP contribution in [0.2, 0.25) is 10.0 Å². The molecule has 1 N–H and O–H groups in total. The van der Waals surface area contributed by atoms with Gasteiger partial charge in [0.25, 0.3) is 0 Å². The fourth-order valence-corrected chi connectivity index (χ4v) is 3.35. The average Bonchev–Trinajstić information content (AvgIpc) is 2.63. The molecule has 0 unspecified atom stereocenters. The lowest BCUT2D eigenvalue weighted by Crippen LogP contribution is -2.11. The van der Waals surface area contributed by atoms with Crippen LogP contribution in [0.5, 0.6) is 11.5 Å². The van der Waals surface area contributed by atoms with Gasteiger partial charge in [0, 0.05) is 17.5 Å². The van der Waals surface area contributed by atoms with E-state index in [0.717, 1.165) is 0 Å². The second-order valence-electron chi connectivity index (χ2n) is 5.15. The minimum absolute atomic E-state index is 0.0226. The lowest BCUT2D eigenvalue weighted by molar-refractivity contribution is 0.373. The smallest absolute Gasteiger partial charge is 0.209 e. The number of benzene rings is 2. The number of hydrogen-bond donors (Lipinski definition) is 1. The van der Waals surface area contributed by atoms with Gasteiger partial charge in [-0.15, -0.1) is 5.10 Å². The Morgan fingerprint density at radius 3 is 2.69 bits per heavy atom. The van der Waals surface area contributed by atoms with E-state index in [2.05, 4.69) is 15.2 Å². The molecule has 3 rings (SSSR count). The van der Waals surface area contributed by atoms with Crippen molar-refractivity contribution in [1.82, 2.24) is 0 Å². The first-order valence-corrected chi connectivity index (χ1v) is 9.05. The number of phenolic OH excluding ortho intramolecular Hbond substituents is 1. The van der Waals surface area contributed by atoms with Gasteiger partial charge in [0.05, 0.1) is 22.9 Å². The third-order valence-electron chi connectivity index (χ3n) is 3.44. The number of ether oxygens (including phenoxy) is 1. The molecule has 0 aromatic heterocycles. The van der Waals surface area contributed by atoms with Crippen LogP contribution < -0.4 is 4.74 Å². The summed E-state index contributed by atoms with van der Waals surface area (Å²) in [6.07, 6.45) is 1.56. The van der Waals surface area contributed by atoms with Crippen LogP contribution in [0.25, 0.3) is 0 Å². The second-order valence-corrected chi connectivity index (χ2v) is 6.91. The van der Waals surface area contributed by atoms with Gasteiger partial charge in [0.2, 0.25) is 5.17 Å². The van der Waals surface area contributed by atoms with E-state index in [1.54, 1.807) is 18.3 Å². The van der Waals surface area contributed by atoms with Gasteiger partial charge in [-0.3, -0.25) is 0 Å². The highest BCUT2D eigenvalue weighted by atomic mass is 35.5. The highest BCUT2D eigenvalue weighted by Crippen LogP contribution is 2.28. The third kappa shape index (κ3) is 4.17. The zero-order valence-corrected chi connectivity index (χ0v) is 15.7. The molecule has 9 heteroatoms. The Bertz CT molecular complexity index is 948. The molecule has 26 heavy (non-hydrogen) atoms. The Morgan fingerprint density at radius 1 is 1.23 bits per heavy atom. The van der Waals surface area contributed by atoms with Crippen molar-refractivity contribution >= 4 is 52.1 Å². The maximum Gasteiger partial charge on any atom is 0.209 e. The number of amidine groups is 1. The Hall–Kier alpha value is -2.09. The van der Waals surface area contributed by atoms with E-state index in [4.69, 9.17) is 27.9 Å². The standard InChI is InChI=1S/C17H12Cl2FN3O2S/c1-25-16-3-2-9(4-15(16)24)7-21-17-23-22-14(8-26-17)10-5-13(20)12(19)6-11(10)18/h2-7,24H,8H2,1H3/b21-7-. The summed E-state index contributed by atoms with van der Waals surface area (Å²) in [5, 5.41) is 18.6. The van der Waals surface area contributed by atoms with Crippen LogP contribution >= 0.6 is 35.0 Å². The number of hydrogen-bond acceptors (Lipinski definition) is 6. The molecule has 0 bridgehead atoms. The van der Waals surface area contributed by atoms with Crippen molar-refractivity contribution in [2.24, 2.45) is 15.2 Å². The Morgan fingerprint density at radius 2 is 2.04 bits per heavy atom. The van der Waals surface area contributed by atoms with E-state index in [1.165, 1.54) is 37.1 Å². The number of halogens is 3. The predicted molar refractivity (Wildman–Crippen MR) is 105 cm³/mol. The Labute approximate surface area is 163 Å². The molecule has 1 aliphatic heterocycles. The zero-order chi connectivity index (χ0) is 18.7. The Balaban J connectivity index is 1.78. The van der Waals surface area contributed by atoms with Crippen LogP contribution in [0.4, 0.5) is 4.39 Å². The van der Waals surface area contributed by atoms with Gasteiger partial charge in [-0.2, -0.15) is 5.10 Å². The molecule has 0 saturated heterocycles. The summed E-state index contributed by atoms with van der Waals surface area (Å²) in [7, 11) is 1.48. The van der Waals surface area contributed by atoms with Crippen LogP contribution in [0, 0.1) is 5.82 Å². The quantitative estimate of drug-likeness (QED) is 0.583. The number of aliphatic imine (C=N–C) groups is 1. The SMILES string of the molecule is COc1ccc(/C=N\C2=NN=C(c3cc(F)c(Cl)cc3Cl)CS2)cc1O. The van der Waals surface area contributed by atoms with Gasteiger partial charge in [0.15, 0.2) is 11.5 Å². The van der Waals surface area contributed by atoms with Crippen molar-refractivity contribution in [3.63, 3.8) is 0 Å². The fourth-order valence-electron chi connectivity index (χ4n) is 2.15. The summed E-state index contributed by atoms with van der Waals surface area (Å²) in [5.74, 6) is 0.276. The van der Waals surface area contributed by atoms with E-state index < -0.39 is 5.82 Å². The minimum atomic E-state index is -0.564. The van der Waals surface area contributed by atoms with Crippen molar-refractivity contribution in [1.29, 1.82) is 0 Å². The molecule has 0 fully saturated rings. The van der Waals surface area contributed by atoms with E-state index in [0.29, 0.717) is 38.5 Å². The normalized spacial score (nSPS) is 14.3. The number of rotatable bonds is 3. The van der Waals surface area contributed by atoms with Crippen molar-refractivity contribution < 1.29 is 14.2 Å². The number of phenols is 1. The first kappa shape index (κ1) is 18.7. The molecule has 2 aromatic rings. The third-order valence-corrected chi connectivity index (χ3v) is 4.91. The van der Waals surface area contributed by atoms with Crippen LogP contribution in [0.3, 0.4) is 0 Å². The zero-order valence-electron chi connectivity index (χ0n) is 13.4. The second kappa shape index (κ2) is 8.07. The first-order valence-electron chi connectivity index (χ1n) is 7.31. The lowest BCUT2D eigenvalue weighted by atomic mass is 10.1. The van der Waals surface area contributed by atoms with Crippen LogP contribution in [-0.2, 0) is 0 Å². The molecule has 0 aliphatic carbocycles. The van der Waals surface area contributed by atoms with Gasteiger partial charge >= 0.3 is 0 Å². The van der Waals surface area contributed by atoms with Gasteiger partial charge in [-0.25, -0.2) is 9.38 Å². The first-order chi connectivity index (χ1) is 12.5. The molecular weight excluding hydrogens is 400 g/mol. The summed E-state index contributed by atoms with van der Waals surface area (Å²) in [4.78, 5) is 4.23. The van der Waals surface area contributed by atoms with Crippen molar-refractivity contribution in [3.8, 4) is 11.5 Å². The van der Waals surface area contributed by atoms with Gasteiger partial charge in [-0.05, 0) is 35.9 Å². The monoisotopic (exact) mass is 411 g/mol. The molecule has 1 heterocycles. The maximum absolute atomic E-state index is 13.6. The van der Waals surface area contributed by atoms with Gasteiger partial charge in [-0.1, -0.05) is 35.0 Å². The molecule has 1 aliphatic rings. The summed E-state index contributed by atoms with van der Waals surface area (Å²) < 4.78 is 18.6. The molecule has 134 valence electrons. The molecule has 2 aromatic carbocycles. The van der Waals surface area contributed by atoms with E-state index in [1.807, 2.05) is 0 Å². The fraction of sp³-hybridized carbons (Fsp3) is 0.118. The minimum Gasteiger partial charge on any atom is -0.504 e. The lowest BCUT2D eigenvalue weighted by Gasteiger charge is -2.11. The van der Waals surface area contributed by atoms with Gasteiger partial charge in [0.1, 0.15) is 5.82 Å². The average molecular weight is 412 g/mol. The molecule has 5 nitrogen and oxygen atoms in total. The van der Waals surface area contributed by atoms with Crippen LogP contribution in [0.1, 0.15) is 11.1 Å². The van der Waals surface area contributed by atoms with E-state index >= 15 is 0 Å². The summed E-state index contributed by atoms with van der Waals surface area (Å²) in [6.45, 7) is 0. The molecule has 0 radical (unpaired) electrons. The molecule has 0 amide bonds. The molecule has 0 spiro atoms. The van der Waals surface area contributed by atoms with Crippen molar-refractivity contribution in [2.45, 2.75) is 0 Å². The summed E-state index contributed by atoms with van der Waals surface area (Å²) in [6, 6.07) is 7.50. The Kier molecular flexibility index (Phi) is 5.80. The number of aromatic hydroxyl groups is 1.